The van der Waals surface area contributed by atoms with Gasteiger partial charge in [-0.25, -0.2) is 4.39 Å². The highest BCUT2D eigenvalue weighted by molar-refractivity contribution is 6.30. The largest absolute Gasteiger partial charge is 0.488 e. The number of aliphatic hydroxyl groups is 2. The van der Waals surface area contributed by atoms with Gasteiger partial charge in [-0.3, -0.25) is 9.59 Å². The molecular formula is C24H30ClFN4O5. The van der Waals surface area contributed by atoms with Gasteiger partial charge >= 0.3 is 0 Å². The van der Waals surface area contributed by atoms with Crippen LogP contribution in [-0.2, 0) is 16.1 Å². The van der Waals surface area contributed by atoms with Crippen LogP contribution < -0.4 is 26.0 Å². The Hall–Kier alpha value is -3.34. The van der Waals surface area contributed by atoms with Crippen molar-refractivity contribution in [2.45, 2.75) is 32.5 Å². The molecule has 2 aromatic carbocycles. The normalized spacial score (nSPS) is 11.4. The molecule has 11 heteroatoms. The van der Waals surface area contributed by atoms with Crippen LogP contribution in [0.25, 0.3) is 0 Å². The van der Waals surface area contributed by atoms with Crippen molar-refractivity contribution in [3.63, 3.8) is 0 Å². The lowest BCUT2D eigenvalue weighted by Gasteiger charge is -2.16. The summed E-state index contributed by atoms with van der Waals surface area (Å²) in [7, 11) is 0. The van der Waals surface area contributed by atoms with Gasteiger partial charge in [-0.15, -0.1) is 0 Å². The molecule has 0 saturated carbocycles. The van der Waals surface area contributed by atoms with Crippen molar-refractivity contribution in [1.29, 1.82) is 0 Å². The van der Waals surface area contributed by atoms with Gasteiger partial charge in [0.15, 0.2) is 11.6 Å². The Balaban J connectivity index is 2.10. The number of hydrogen-bond donors (Lipinski definition) is 6. The van der Waals surface area contributed by atoms with Crippen molar-refractivity contribution in [2.75, 3.05) is 25.1 Å². The minimum absolute atomic E-state index is 0.109. The van der Waals surface area contributed by atoms with Gasteiger partial charge in [-0.2, -0.15) is 0 Å². The molecule has 35 heavy (non-hydrogen) atoms. The van der Waals surface area contributed by atoms with Crippen molar-refractivity contribution in [3.8, 4) is 5.75 Å². The monoisotopic (exact) mass is 508 g/mol. The summed E-state index contributed by atoms with van der Waals surface area (Å²) in [6.45, 7) is 2.67. The Morgan fingerprint density at radius 3 is 2.37 bits per heavy atom. The molecule has 0 aliphatic heterocycles. The number of rotatable bonds is 13. The smallest absolute Gasteiger partial charge is 0.248 e. The highest BCUT2D eigenvalue weighted by Crippen LogP contribution is 2.23. The third kappa shape index (κ3) is 10.2. The molecule has 0 spiro atoms. The van der Waals surface area contributed by atoms with Crippen molar-refractivity contribution in [1.82, 2.24) is 16.0 Å². The van der Waals surface area contributed by atoms with Gasteiger partial charge < -0.3 is 36.2 Å². The molecule has 0 bridgehead atoms. The van der Waals surface area contributed by atoms with E-state index in [0.29, 0.717) is 17.3 Å². The fraction of sp³-hybridized carbons (Fsp3) is 0.333. The number of carbonyl (C=O) groups is 2. The summed E-state index contributed by atoms with van der Waals surface area (Å²) in [5.41, 5.74) is 1.25. The van der Waals surface area contributed by atoms with Gasteiger partial charge in [0.2, 0.25) is 11.8 Å². The first-order valence-electron chi connectivity index (χ1n) is 10.9. The number of benzene rings is 2. The number of carbonyl (C=O) groups excluding carboxylic acids is 2. The predicted octanol–water partition coefficient (Wildman–Crippen LogP) is 1.90. The zero-order valence-electron chi connectivity index (χ0n) is 19.5. The van der Waals surface area contributed by atoms with Crippen molar-refractivity contribution < 1.29 is 28.9 Å². The van der Waals surface area contributed by atoms with E-state index in [-0.39, 0.29) is 24.2 Å². The number of halogens is 2. The van der Waals surface area contributed by atoms with E-state index in [1.165, 1.54) is 18.2 Å². The number of nitrogens with one attached hydrogen (secondary N) is 4. The van der Waals surface area contributed by atoms with E-state index in [4.69, 9.17) is 26.6 Å². The number of hydrogen-bond acceptors (Lipinski definition) is 7. The Kier molecular flexibility index (Phi) is 11.3. The van der Waals surface area contributed by atoms with E-state index in [9.17, 15) is 14.0 Å². The molecule has 0 atom stereocenters. The maximum absolute atomic E-state index is 14.4. The van der Waals surface area contributed by atoms with E-state index < -0.39 is 36.9 Å². The van der Waals surface area contributed by atoms with Gasteiger partial charge in [-0.05, 0) is 43.7 Å². The average Bonchev–Trinajstić information content (AvgIpc) is 2.82. The van der Waals surface area contributed by atoms with Crippen LogP contribution in [0.5, 0.6) is 5.75 Å². The van der Waals surface area contributed by atoms with Crippen LogP contribution in [0.1, 0.15) is 19.4 Å². The molecule has 6 N–H and O–H groups in total. The summed E-state index contributed by atoms with van der Waals surface area (Å²) in [6, 6.07) is 10.6. The summed E-state index contributed by atoms with van der Waals surface area (Å²) >= 11 is 5.92. The van der Waals surface area contributed by atoms with Gasteiger partial charge in [0, 0.05) is 29.4 Å². The molecule has 9 nitrogen and oxygen atoms in total. The zero-order valence-corrected chi connectivity index (χ0v) is 20.2. The molecule has 0 saturated heterocycles. The highest BCUT2D eigenvalue weighted by atomic mass is 35.5. The molecule has 0 unspecified atom stereocenters. The summed E-state index contributed by atoms with van der Waals surface area (Å²) in [6.07, 6.45) is 1.00. The third-order valence-corrected chi connectivity index (χ3v) is 4.73. The van der Waals surface area contributed by atoms with E-state index >= 15 is 0 Å². The van der Waals surface area contributed by atoms with E-state index in [1.54, 1.807) is 32.0 Å². The Morgan fingerprint density at radius 2 is 1.77 bits per heavy atom. The predicted molar refractivity (Wildman–Crippen MR) is 131 cm³/mol. The Bertz CT molecular complexity index is 1010. The second-order valence-corrected chi connectivity index (χ2v) is 8.26. The summed E-state index contributed by atoms with van der Waals surface area (Å²) in [4.78, 5) is 24.3. The van der Waals surface area contributed by atoms with E-state index in [1.807, 2.05) is 12.1 Å². The van der Waals surface area contributed by atoms with Gasteiger partial charge in [0.1, 0.15) is 5.82 Å². The molecule has 0 heterocycles. The molecule has 0 aromatic heterocycles. The van der Waals surface area contributed by atoms with E-state index in [0.717, 1.165) is 5.56 Å². The lowest BCUT2D eigenvalue weighted by Crippen LogP contribution is -2.45. The Morgan fingerprint density at radius 1 is 1.09 bits per heavy atom. The fourth-order valence-electron chi connectivity index (χ4n) is 2.79. The minimum Gasteiger partial charge on any atom is -0.488 e. The molecule has 2 amide bonds. The standard InChI is InChI=1S/C24H30ClFN4O5/c1-15(2)35-21-8-7-18(9-20(21)26)29-22(27-11-16-3-5-17(25)6-4-16)10-23(33)28-12-24(34)30-19(13-31)14-32/h3-10,15,19,27,29,31-32H,11-14H2,1-2H3,(H,28,33)(H,30,34)/b22-10+. The maximum Gasteiger partial charge on any atom is 0.248 e. The van der Waals surface area contributed by atoms with Crippen LogP contribution >= 0.6 is 11.6 Å². The van der Waals surface area contributed by atoms with Crippen molar-refractivity contribution in [3.05, 3.63) is 70.8 Å². The average molecular weight is 509 g/mol. The number of aliphatic hydroxyl groups excluding tert-OH is 2. The number of amides is 2. The first-order valence-corrected chi connectivity index (χ1v) is 11.3. The topological polar surface area (TPSA) is 132 Å². The molecule has 0 aliphatic carbocycles. The molecule has 190 valence electrons. The van der Waals surface area contributed by atoms with Crippen LogP contribution in [0.15, 0.2) is 54.4 Å². The van der Waals surface area contributed by atoms with Gasteiger partial charge in [0.25, 0.3) is 0 Å². The van der Waals surface area contributed by atoms with Crippen LogP contribution in [0, 0.1) is 5.82 Å². The van der Waals surface area contributed by atoms with Crippen LogP contribution in [0.4, 0.5) is 10.1 Å². The lowest BCUT2D eigenvalue weighted by molar-refractivity contribution is -0.124. The zero-order chi connectivity index (χ0) is 25.8. The molecule has 2 rings (SSSR count). The molecule has 0 fully saturated rings. The van der Waals surface area contributed by atoms with Crippen LogP contribution in [0.3, 0.4) is 0 Å². The summed E-state index contributed by atoms with van der Waals surface area (Å²) in [5.74, 6) is -1.39. The van der Waals surface area contributed by atoms with Crippen LogP contribution in [-0.4, -0.2) is 53.9 Å². The van der Waals surface area contributed by atoms with Crippen molar-refractivity contribution in [2.24, 2.45) is 0 Å². The lowest BCUT2D eigenvalue weighted by atomic mass is 10.2. The summed E-state index contributed by atoms with van der Waals surface area (Å²) in [5, 5.41) is 29.5. The number of ether oxygens (including phenoxy) is 1. The second-order valence-electron chi connectivity index (χ2n) is 7.82. The third-order valence-electron chi connectivity index (χ3n) is 4.47. The maximum atomic E-state index is 14.4. The van der Waals surface area contributed by atoms with Crippen LogP contribution in [0.2, 0.25) is 5.02 Å². The quantitative estimate of drug-likeness (QED) is 0.228. The molecular weight excluding hydrogens is 479 g/mol. The fourth-order valence-corrected chi connectivity index (χ4v) is 2.92. The van der Waals surface area contributed by atoms with Crippen molar-refractivity contribution >= 4 is 29.1 Å². The summed E-state index contributed by atoms with van der Waals surface area (Å²) < 4.78 is 19.8. The van der Waals surface area contributed by atoms with Gasteiger partial charge in [-0.1, -0.05) is 23.7 Å². The first kappa shape index (κ1) is 27.9. The number of anilines is 1. The SMILES string of the molecule is CC(C)Oc1ccc(N/C(=C/C(=O)NCC(=O)NC(CO)CO)NCc2ccc(Cl)cc2)cc1F. The molecule has 0 aliphatic rings. The second kappa shape index (κ2) is 14.1. The van der Waals surface area contributed by atoms with Gasteiger partial charge in [0.05, 0.1) is 31.9 Å². The molecule has 0 radical (unpaired) electrons. The Labute approximate surface area is 208 Å². The molecule has 2 aromatic rings. The highest BCUT2D eigenvalue weighted by Gasteiger charge is 2.12. The first-order chi connectivity index (χ1) is 16.7. The minimum atomic E-state index is -0.814. The van der Waals surface area contributed by atoms with E-state index in [2.05, 4.69) is 21.3 Å².